The molecule has 15 heavy (non-hydrogen) atoms. The Bertz CT molecular complexity index is 389. The Morgan fingerprint density at radius 3 is 2.40 bits per heavy atom. The van der Waals surface area contributed by atoms with E-state index in [9.17, 15) is 4.79 Å². The van der Waals surface area contributed by atoms with Gasteiger partial charge in [0.05, 0.1) is 6.07 Å². The third kappa shape index (κ3) is 2.57. The maximum Gasteiger partial charge on any atom is 0.243 e. The summed E-state index contributed by atoms with van der Waals surface area (Å²) in [6, 6.07) is 9.56. The monoisotopic (exact) mass is 202 g/mol. The highest BCUT2D eigenvalue weighted by Crippen LogP contribution is 2.15. The largest absolute Gasteiger partial charge is 0.314 e. The first kappa shape index (κ1) is 11.3. The van der Waals surface area contributed by atoms with Gasteiger partial charge in [0, 0.05) is 12.7 Å². The van der Waals surface area contributed by atoms with Gasteiger partial charge in [-0.2, -0.15) is 5.26 Å². The van der Waals surface area contributed by atoms with E-state index in [1.165, 1.54) is 4.90 Å². The average Bonchev–Trinajstić information content (AvgIpc) is 2.27. The SMILES string of the molecule is Cc1ccc(N(C)C(=O)C(C)C#N)cc1. The number of carbonyl (C=O) groups is 1. The molecule has 1 aromatic carbocycles. The molecule has 0 aliphatic heterocycles. The quantitative estimate of drug-likeness (QED) is 0.737. The maximum absolute atomic E-state index is 11.7. The van der Waals surface area contributed by atoms with Crippen molar-refractivity contribution in [3.63, 3.8) is 0 Å². The summed E-state index contributed by atoms with van der Waals surface area (Å²) < 4.78 is 0. The molecule has 0 heterocycles. The molecule has 1 rings (SSSR count). The molecule has 0 fully saturated rings. The second-order valence-corrected chi connectivity index (χ2v) is 3.58. The number of rotatable bonds is 2. The Balaban J connectivity index is 2.86. The highest BCUT2D eigenvalue weighted by Gasteiger charge is 2.17. The van der Waals surface area contributed by atoms with Crippen molar-refractivity contribution in [1.29, 1.82) is 5.26 Å². The van der Waals surface area contributed by atoms with Crippen LogP contribution in [-0.2, 0) is 4.79 Å². The van der Waals surface area contributed by atoms with E-state index in [0.717, 1.165) is 11.3 Å². The molecule has 3 heteroatoms. The van der Waals surface area contributed by atoms with Crippen LogP contribution in [0.1, 0.15) is 12.5 Å². The van der Waals surface area contributed by atoms with Gasteiger partial charge in [0.25, 0.3) is 0 Å². The Hall–Kier alpha value is -1.82. The van der Waals surface area contributed by atoms with Gasteiger partial charge in [0.2, 0.25) is 5.91 Å². The number of aryl methyl sites for hydroxylation is 1. The van der Waals surface area contributed by atoms with Crippen molar-refractivity contribution in [2.24, 2.45) is 5.92 Å². The summed E-state index contributed by atoms with van der Waals surface area (Å²) in [5, 5.41) is 8.65. The topological polar surface area (TPSA) is 44.1 Å². The number of amides is 1. The van der Waals surface area contributed by atoms with E-state index in [2.05, 4.69) is 0 Å². The van der Waals surface area contributed by atoms with Crippen molar-refractivity contribution in [2.45, 2.75) is 13.8 Å². The van der Waals surface area contributed by atoms with Crippen molar-refractivity contribution in [3.8, 4) is 6.07 Å². The molecule has 0 radical (unpaired) electrons. The van der Waals surface area contributed by atoms with Crippen LogP contribution < -0.4 is 4.90 Å². The van der Waals surface area contributed by atoms with Crippen LogP contribution in [0, 0.1) is 24.2 Å². The summed E-state index contributed by atoms with van der Waals surface area (Å²) in [5.41, 5.74) is 1.96. The zero-order chi connectivity index (χ0) is 11.4. The molecule has 1 amide bonds. The van der Waals surface area contributed by atoms with Crippen LogP contribution in [-0.4, -0.2) is 13.0 Å². The van der Waals surface area contributed by atoms with Gasteiger partial charge in [-0.3, -0.25) is 4.79 Å². The smallest absolute Gasteiger partial charge is 0.243 e. The van der Waals surface area contributed by atoms with Crippen molar-refractivity contribution < 1.29 is 4.79 Å². The summed E-state index contributed by atoms with van der Waals surface area (Å²) >= 11 is 0. The number of nitrogens with zero attached hydrogens (tertiary/aromatic N) is 2. The predicted octanol–water partition coefficient (Wildman–Crippen LogP) is 2.12. The van der Waals surface area contributed by atoms with E-state index < -0.39 is 5.92 Å². The second-order valence-electron chi connectivity index (χ2n) is 3.58. The molecule has 3 nitrogen and oxygen atoms in total. The molecule has 1 atom stereocenters. The first-order valence-electron chi connectivity index (χ1n) is 4.80. The summed E-state index contributed by atoms with van der Waals surface area (Å²) in [6.45, 7) is 3.59. The fourth-order valence-corrected chi connectivity index (χ4v) is 1.24. The van der Waals surface area contributed by atoms with Crippen molar-refractivity contribution in [3.05, 3.63) is 29.8 Å². The van der Waals surface area contributed by atoms with Gasteiger partial charge >= 0.3 is 0 Å². The minimum Gasteiger partial charge on any atom is -0.314 e. The molecule has 0 bridgehead atoms. The van der Waals surface area contributed by atoms with Crippen LogP contribution in [0.5, 0.6) is 0 Å². The molecule has 0 aromatic heterocycles. The van der Waals surface area contributed by atoms with Gasteiger partial charge in [0.15, 0.2) is 0 Å². The lowest BCUT2D eigenvalue weighted by atomic mass is 10.1. The predicted molar refractivity (Wildman–Crippen MR) is 59.4 cm³/mol. The van der Waals surface area contributed by atoms with E-state index in [1.54, 1.807) is 14.0 Å². The molecule has 0 saturated carbocycles. The zero-order valence-corrected chi connectivity index (χ0v) is 9.19. The normalized spacial score (nSPS) is 11.6. The van der Waals surface area contributed by atoms with E-state index in [-0.39, 0.29) is 5.91 Å². The molecule has 0 N–H and O–H groups in total. The molecular weight excluding hydrogens is 188 g/mol. The van der Waals surface area contributed by atoms with Gasteiger partial charge in [-0.15, -0.1) is 0 Å². The minimum atomic E-state index is -0.601. The van der Waals surface area contributed by atoms with Crippen LogP contribution in [0.2, 0.25) is 0 Å². The van der Waals surface area contributed by atoms with Gasteiger partial charge in [-0.25, -0.2) is 0 Å². The zero-order valence-electron chi connectivity index (χ0n) is 9.19. The lowest BCUT2D eigenvalue weighted by Gasteiger charge is -2.18. The number of hydrogen-bond acceptors (Lipinski definition) is 2. The molecule has 0 aliphatic carbocycles. The van der Waals surface area contributed by atoms with Gasteiger partial charge in [-0.05, 0) is 26.0 Å². The minimum absolute atomic E-state index is 0.179. The van der Waals surface area contributed by atoms with Crippen LogP contribution in [0.4, 0.5) is 5.69 Å². The van der Waals surface area contributed by atoms with E-state index in [0.29, 0.717) is 0 Å². The number of anilines is 1. The van der Waals surface area contributed by atoms with Gasteiger partial charge < -0.3 is 4.90 Å². The Labute approximate surface area is 89.9 Å². The van der Waals surface area contributed by atoms with Crippen LogP contribution in [0.25, 0.3) is 0 Å². The lowest BCUT2D eigenvalue weighted by Crippen LogP contribution is -2.30. The average molecular weight is 202 g/mol. The maximum atomic E-state index is 11.7. The molecular formula is C12H14N2O. The first-order valence-corrected chi connectivity index (χ1v) is 4.80. The van der Waals surface area contributed by atoms with Gasteiger partial charge in [0.1, 0.15) is 5.92 Å². The van der Waals surface area contributed by atoms with Crippen molar-refractivity contribution in [2.75, 3.05) is 11.9 Å². The van der Waals surface area contributed by atoms with Crippen LogP contribution >= 0.6 is 0 Å². The van der Waals surface area contributed by atoms with E-state index in [1.807, 2.05) is 37.3 Å². The van der Waals surface area contributed by atoms with Crippen molar-refractivity contribution >= 4 is 11.6 Å². The highest BCUT2D eigenvalue weighted by atomic mass is 16.2. The first-order chi connectivity index (χ1) is 7.06. The fourth-order valence-electron chi connectivity index (χ4n) is 1.24. The summed E-state index contributed by atoms with van der Waals surface area (Å²) in [6.07, 6.45) is 0. The highest BCUT2D eigenvalue weighted by molar-refractivity contribution is 5.95. The molecule has 0 aliphatic rings. The Morgan fingerprint density at radius 2 is 1.93 bits per heavy atom. The van der Waals surface area contributed by atoms with E-state index >= 15 is 0 Å². The molecule has 1 aromatic rings. The molecule has 0 spiro atoms. The summed E-state index contributed by atoms with van der Waals surface area (Å²) in [7, 11) is 1.68. The van der Waals surface area contributed by atoms with Crippen LogP contribution in [0.15, 0.2) is 24.3 Å². The molecule has 1 unspecified atom stereocenters. The van der Waals surface area contributed by atoms with Crippen LogP contribution in [0.3, 0.4) is 0 Å². The Kier molecular flexibility index (Phi) is 3.46. The number of hydrogen-bond donors (Lipinski definition) is 0. The fraction of sp³-hybridized carbons (Fsp3) is 0.333. The summed E-state index contributed by atoms with van der Waals surface area (Å²) in [5.74, 6) is -0.780. The van der Waals surface area contributed by atoms with E-state index in [4.69, 9.17) is 5.26 Å². The number of benzene rings is 1. The lowest BCUT2D eigenvalue weighted by molar-refractivity contribution is -0.120. The molecule has 78 valence electrons. The number of nitriles is 1. The second kappa shape index (κ2) is 4.61. The third-order valence-corrected chi connectivity index (χ3v) is 2.32. The molecule has 0 saturated heterocycles. The van der Waals surface area contributed by atoms with Gasteiger partial charge in [-0.1, -0.05) is 17.7 Å². The Morgan fingerprint density at radius 1 is 1.40 bits per heavy atom. The number of carbonyl (C=O) groups excluding carboxylic acids is 1. The van der Waals surface area contributed by atoms with Crippen molar-refractivity contribution in [1.82, 2.24) is 0 Å². The standard InChI is InChI=1S/C12H14N2O/c1-9-4-6-11(7-5-9)14(3)12(15)10(2)8-13/h4-7,10H,1-3H3. The summed E-state index contributed by atoms with van der Waals surface area (Å²) in [4.78, 5) is 13.2. The third-order valence-electron chi connectivity index (χ3n) is 2.32.